The van der Waals surface area contributed by atoms with Crippen LogP contribution in [-0.2, 0) is 14.3 Å². The van der Waals surface area contributed by atoms with E-state index in [9.17, 15) is 14.4 Å². The van der Waals surface area contributed by atoms with E-state index in [1.165, 1.54) is 24.4 Å². The van der Waals surface area contributed by atoms with Crippen LogP contribution in [0.2, 0.25) is 0 Å². The van der Waals surface area contributed by atoms with E-state index in [1.54, 1.807) is 25.7 Å². The number of methoxy groups -OCH3 is 1. The molecule has 0 bridgehead atoms. The highest BCUT2D eigenvalue weighted by atomic mass is 16.6. The monoisotopic (exact) mass is 576 g/mol. The van der Waals surface area contributed by atoms with Crippen molar-refractivity contribution in [2.24, 2.45) is 0 Å². The maximum atomic E-state index is 14.1. The van der Waals surface area contributed by atoms with Crippen molar-refractivity contribution in [3.63, 3.8) is 0 Å². The van der Waals surface area contributed by atoms with E-state index < -0.39 is 23.7 Å². The zero-order chi connectivity index (χ0) is 30.3. The number of amides is 2. The average molecular weight is 577 g/mol. The minimum atomic E-state index is -0.972. The number of hydrogen-bond acceptors (Lipinski definition) is 8. The number of carbonyl (C=O) groups is 3. The van der Waals surface area contributed by atoms with E-state index in [1.807, 2.05) is 43.3 Å². The van der Waals surface area contributed by atoms with Crippen molar-refractivity contribution in [3.8, 4) is 0 Å². The number of piperazine rings is 1. The van der Waals surface area contributed by atoms with E-state index >= 15 is 0 Å². The van der Waals surface area contributed by atoms with Gasteiger partial charge >= 0.3 is 12.1 Å². The first-order valence-corrected chi connectivity index (χ1v) is 14.3. The fraction of sp³-hybridized carbons (Fsp3) is 0.452. The van der Waals surface area contributed by atoms with Crippen LogP contribution in [0.4, 0.5) is 4.79 Å². The van der Waals surface area contributed by atoms with Crippen LogP contribution >= 0.6 is 0 Å². The SMILES string of the molecule is CCC[C@@H](C(=O)N1CCN(C(c2ccccc2)c2ccccc2)CC1)N(C(=O)OC(C)(C)C)n1nncc1C(=O)OC. The van der Waals surface area contributed by atoms with E-state index in [4.69, 9.17) is 9.47 Å². The molecule has 1 atom stereocenters. The number of nitrogens with zero attached hydrogens (tertiary/aromatic N) is 6. The topological polar surface area (TPSA) is 110 Å². The van der Waals surface area contributed by atoms with Crippen LogP contribution in [0.5, 0.6) is 0 Å². The second kappa shape index (κ2) is 13.6. The third-order valence-corrected chi connectivity index (χ3v) is 7.08. The standard InChI is InChI=1S/C31H40N6O5/c1-6-13-25(36(30(40)42-31(2,3)4)37-26(22-32-33-37)29(39)41-5)28(38)35-20-18-34(19-21-35)27(23-14-9-7-10-15-23)24-16-11-8-12-17-24/h7-12,14-17,22,25,27H,6,13,18-21H2,1-5H3/t25-/m0/s1. The summed E-state index contributed by atoms with van der Waals surface area (Å²) < 4.78 is 10.5. The lowest BCUT2D eigenvalue weighted by Gasteiger charge is -2.42. The molecule has 1 aromatic heterocycles. The molecule has 0 unspecified atom stereocenters. The number of carbonyl (C=O) groups excluding carboxylic acids is 3. The maximum Gasteiger partial charge on any atom is 0.431 e. The highest BCUT2D eigenvalue weighted by Gasteiger charge is 2.40. The molecule has 4 rings (SSSR count). The van der Waals surface area contributed by atoms with Crippen LogP contribution in [0.3, 0.4) is 0 Å². The highest BCUT2D eigenvalue weighted by Crippen LogP contribution is 2.30. The van der Waals surface area contributed by atoms with Gasteiger partial charge in [0.05, 0.1) is 19.3 Å². The first-order valence-electron chi connectivity index (χ1n) is 14.3. The van der Waals surface area contributed by atoms with E-state index in [2.05, 4.69) is 39.5 Å². The number of aromatic nitrogens is 3. The number of esters is 1. The van der Waals surface area contributed by atoms with Crippen LogP contribution in [-0.4, -0.2) is 87.8 Å². The summed E-state index contributed by atoms with van der Waals surface area (Å²) in [6.07, 6.45) is 1.32. The molecule has 1 aliphatic heterocycles. The summed E-state index contributed by atoms with van der Waals surface area (Å²) in [5.74, 6) is -0.984. The molecule has 2 aromatic carbocycles. The van der Waals surface area contributed by atoms with E-state index in [0.29, 0.717) is 39.0 Å². The van der Waals surface area contributed by atoms with Crippen molar-refractivity contribution in [2.45, 2.75) is 58.2 Å². The molecule has 1 fully saturated rings. The summed E-state index contributed by atoms with van der Waals surface area (Å²) in [7, 11) is 1.23. The number of ether oxygens (including phenoxy) is 2. The molecule has 0 spiro atoms. The Kier molecular flexibility index (Phi) is 9.95. The van der Waals surface area contributed by atoms with Gasteiger partial charge in [0.25, 0.3) is 0 Å². The van der Waals surface area contributed by atoms with Crippen LogP contribution in [0.25, 0.3) is 0 Å². The summed E-state index contributed by atoms with van der Waals surface area (Å²) >= 11 is 0. The molecule has 2 amide bonds. The average Bonchev–Trinajstić information content (AvgIpc) is 3.46. The molecule has 2 heterocycles. The Morgan fingerprint density at radius 3 is 2.00 bits per heavy atom. The minimum Gasteiger partial charge on any atom is -0.464 e. The summed E-state index contributed by atoms with van der Waals surface area (Å²) in [6, 6.07) is 19.8. The first kappa shape index (κ1) is 30.7. The Morgan fingerprint density at radius 2 is 1.50 bits per heavy atom. The van der Waals surface area contributed by atoms with Gasteiger partial charge in [-0.2, -0.15) is 5.01 Å². The molecule has 0 N–H and O–H groups in total. The fourth-order valence-corrected chi connectivity index (χ4v) is 5.19. The molecule has 1 aliphatic rings. The zero-order valence-corrected chi connectivity index (χ0v) is 25.0. The Labute approximate surface area is 247 Å². The molecule has 1 saturated heterocycles. The normalized spacial score (nSPS) is 14.9. The summed E-state index contributed by atoms with van der Waals surface area (Å²) in [4.78, 5) is 45.4. The maximum absolute atomic E-state index is 14.1. The predicted molar refractivity (Wildman–Crippen MR) is 157 cm³/mol. The largest absolute Gasteiger partial charge is 0.464 e. The molecular weight excluding hydrogens is 536 g/mol. The molecule has 3 aromatic rings. The number of hydrogen-bond donors (Lipinski definition) is 0. The van der Waals surface area contributed by atoms with Gasteiger partial charge in [0, 0.05) is 26.2 Å². The number of benzene rings is 2. The zero-order valence-electron chi connectivity index (χ0n) is 25.0. The van der Waals surface area contributed by atoms with Gasteiger partial charge in [0.15, 0.2) is 5.69 Å². The molecule has 0 radical (unpaired) electrons. The van der Waals surface area contributed by atoms with Crippen molar-refractivity contribution < 1.29 is 23.9 Å². The Morgan fingerprint density at radius 1 is 0.929 bits per heavy atom. The first-order chi connectivity index (χ1) is 20.1. The summed E-state index contributed by atoms with van der Waals surface area (Å²) in [6.45, 7) is 9.35. The molecule has 0 saturated carbocycles. The third kappa shape index (κ3) is 7.14. The quantitative estimate of drug-likeness (QED) is 0.351. The second-order valence-electron chi connectivity index (χ2n) is 11.2. The van der Waals surface area contributed by atoms with E-state index in [0.717, 1.165) is 9.80 Å². The molecule has 224 valence electrons. The molecular formula is C31H40N6O5. The van der Waals surface area contributed by atoms with Gasteiger partial charge in [-0.3, -0.25) is 9.69 Å². The van der Waals surface area contributed by atoms with Crippen molar-refractivity contribution in [1.29, 1.82) is 0 Å². The molecule has 0 aliphatic carbocycles. The smallest absolute Gasteiger partial charge is 0.431 e. The van der Waals surface area contributed by atoms with Crippen molar-refractivity contribution in [1.82, 2.24) is 24.9 Å². The third-order valence-electron chi connectivity index (χ3n) is 7.08. The Bertz CT molecular complexity index is 1290. The van der Waals surface area contributed by atoms with Gasteiger partial charge in [0.2, 0.25) is 5.91 Å². The van der Waals surface area contributed by atoms with E-state index in [-0.39, 0.29) is 17.6 Å². The highest BCUT2D eigenvalue weighted by molar-refractivity contribution is 5.94. The second-order valence-corrected chi connectivity index (χ2v) is 11.2. The van der Waals surface area contributed by atoms with Gasteiger partial charge in [-0.05, 0) is 43.5 Å². The fourth-order valence-electron chi connectivity index (χ4n) is 5.19. The van der Waals surface area contributed by atoms with Crippen molar-refractivity contribution in [2.75, 3.05) is 38.3 Å². The molecule has 42 heavy (non-hydrogen) atoms. The minimum absolute atomic E-state index is 0.0483. The van der Waals surface area contributed by atoms with Gasteiger partial charge in [-0.15, -0.1) is 9.89 Å². The molecule has 11 nitrogen and oxygen atoms in total. The van der Waals surface area contributed by atoms with Crippen molar-refractivity contribution >= 4 is 18.0 Å². The van der Waals surface area contributed by atoms with Gasteiger partial charge in [-0.1, -0.05) is 74.0 Å². The lowest BCUT2D eigenvalue weighted by molar-refractivity contribution is -0.135. The van der Waals surface area contributed by atoms with Gasteiger partial charge < -0.3 is 14.4 Å². The van der Waals surface area contributed by atoms with Gasteiger partial charge in [0.1, 0.15) is 11.6 Å². The van der Waals surface area contributed by atoms with Crippen LogP contribution in [0.1, 0.15) is 68.2 Å². The van der Waals surface area contributed by atoms with Crippen molar-refractivity contribution in [3.05, 3.63) is 83.7 Å². The van der Waals surface area contributed by atoms with Crippen LogP contribution in [0.15, 0.2) is 66.9 Å². The molecule has 11 heteroatoms. The summed E-state index contributed by atoms with van der Waals surface area (Å²) in [5, 5.41) is 8.90. The number of rotatable bonds is 9. The van der Waals surface area contributed by atoms with Crippen LogP contribution in [0, 0.1) is 0 Å². The lowest BCUT2D eigenvalue weighted by atomic mass is 9.96. The predicted octanol–water partition coefficient (Wildman–Crippen LogP) is 4.04. The lowest BCUT2D eigenvalue weighted by Crippen LogP contribution is -2.60. The summed E-state index contributed by atoms with van der Waals surface area (Å²) in [5.41, 5.74) is 1.43. The van der Waals surface area contributed by atoms with Crippen LogP contribution < -0.4 is 5.01 Å². The Balaban J connectivity index is 1.60. The Hall–Kier alpha value is -4.25. The van der Waals surface area contributed by atoms with Gasteiger partial charge in [-0.25, -0.2) is 9.59 Å².